The molecule has 0 aliphatic heterocycles. The molecular weight excluding hydrogens is 300 g/mol. The normalized spacial score (nSPS) is 9.88. The molecule has 1 aromatic heterocycles. The van der Waals surface area contributed by atoms with Gasteiger partial charge in [0, 0.05) is 10.9 Å². The van der Waals surface area contributed by atoms with E-state index < -0.39 is 0 Å². The number of hydrogen-bond acceptors (Lipinski definition) is 3. The van der Waals surface area contributed by atoms with E-state index in [9.17, 15) is 4.79 Å². The number of carbonyl (C=O) groups excluding carboxylic acids is 1. The SMILES string of the molecule is COc1ccc2nc(C(=O)NCC#Cc3ccccc3)ccc2c1. The summed E-state index contributed by atoms with van der Waals surface area (Å²) in [6.07, 6.45) is 0. The monoisotopic (exact) mass is 316 g/mol. The van der Waals surface area contributed by atoms with E-state index >= 15 is 0 Å². The number of benzene rings is 2. The van der Waals surface area contributed by atoms with E-state index in [1.165, 1.54) is 0 Å². The molecule has 3 rings (SSSR count). The number of amides is 1. The lowest BCUT2D eigenvalue weighted by molar-refractivity contribution is 0.0954. The Bertz CT molecular complexity index is 925. The molecule has 0 bridgehead atoms. The first-order valence-corrected chi connectivity index (χ1v) is 7.53. The van der Waals surface area contributed by atoms with Gasteiger partial charge in [0.15, 0.2) is 0 Å². The van der Waals surface area contributed by atoms with Crippen LogP contribution in [0, 0.1) is 11.8 Å². The average Bonchev–Trinajstić information content (AvgIpc) is 2.65. The smallest absolute Gasteiger partial charge is 0.270 e. The Kier molecular flexibility index (Phi) is 4.73. The number of nitrogens with zero attached hydrogens (tertiary/aromatic N) is 1. The molecule has 0 spiro atoms. The summed E-state index contributed by atoms with van der Waals surface area (Å²) in [4.78, 5) is 16.5. The van der Waals surface area contributed by atoms with E-state index in [0.29, 0.717) is 5.69 Å². The van der Waals surface area contributed by atoms with Crippen molar-refractivity contribution >= 4 is 16.8 Å². The molecule has 0 radical (unpaired) electrons. The van der Waals surface area contributed by atoms with Gasteiger partial charge in [-0.15, -0.1) is 0 Å². The van der Waals surface area contributed by atoms with Crippen molar-refractivity contribution in [2.75, 3.05) is 13.7 Å². The molecule has 0 aliphatic carbocycles. The first kappa shape index (κ1) is 15.6. The molecule has 0 saturated heterocycles. The van der Waals surface area contributed by atoms with E-state index in [1.54, 1.807) is 13.2 Å². The highest BCUT2D eigenvalue weighted by Crippen LogP contribution is 2.19. The van der Waals surface area contributed by atoms with Crippen molar-refractivity contribution in [3.8, 4) is 17.6 Å². The minimum absolute atomic E-state index is 0.241. The van der Waals surface area contributed by atoms with Gasteiger partial charge in [-0.05, 0) is 36.4 Å². The zero-order valence-electron chi connectivity index (χ0n) is 13.2. The molecule has 0 atom stereocenters. The molecule has 0 saturated carbocycles. The van der Waals surface area contributed by atoms with Gasteiger partial charge in [-0.3, -0.25) is 4.79 Å². The molecule has 3 aromatic rings. The second kappa shape index (κ2) is 7.30. The molecule has 0 fully saturated rings. The van der Waals surface area contributed by atoms with Crippen LogP contribution in [0.4, 0.5) is 0 Å². The van der Waals surface area contributed by atoms with Crippen LogP contribution in [0.5, 0.6) is 5.75 Å². The number of methoxy groups -OCH3 is 1. The van der Waals surface area contributed by atoms with Crippen LogP contribution < -0.4 is 10.1 Å². The minimum Gasteiger partial charge on any atom is -0.497 e. The van der Waals surface area contributed by atoms with Crippen molar-refractivity contribution in [1.29, 1.82) is 0 Å². The van der Waals surface area contributed by atoms with Crippen LogP contribution in [-0.4, -0.2) is 24.5 Å². The van der Waals surface area contributed by atoms with E-state index in [1.807, 2.05) is 54.6 Å². The molecule has 1 N–H and O–H groups in total. The highest BCUT2D eigenvalue weighted by molar-refractivity contribution is 5.95. The lowest BCUT2D eigenvalue weighted by atomic mass is 10.2. The number of pyridine rings is 1. The standard InChI is InChI=1S/C20H16N2O2/c1-24-17-10-12-18-16(14-17)9-11-19(22-18)20(23)21-13-5-8-15-6-3-2-4-7-15/h2-4,6-7,9-12,14H,13H2,1H3,(H,21,23). The fourth-order valence-electron chi connectivity index (χ4n) is 2.24. The van der Waals surface area contributed by atoms with Gasteiger partial charge in [-0.25, -0.2) is 4.98 Å². The van der Waals surface area contributed by atoms with Crippen molar-refractivity contribution in [3.05, 3.63) is 71.9 Å². The molecule has 0 aliphatic rings. The molecule has 4 nitrogen and oxygen atoms in total. The van der Waals surface area contributed by atoms with Crippen molar-refractivity contribution in [2.45, 2.75) is 0 Å². The molecule has 1 heterocycles. The maximum atomic E-state index is 12.2. The van der Waals surface area contributed by atoms with E-state index in [4.69, 9.17) is 4.74 Å². The van der Waals surface area contributed by atoms with Crippen LogP contribution in [0.15, 0.2) is 60.7 Å². The summed E-state index contributed by atoms with van der Waals surface area (Å²) in [6, 6.07) is 18.7. The van der Waals surface area contributed by atoms with E-state index in [-0.39, 0.29) is 12.5 Å². The second-order valence-electron chi connectivity index (χ2n) is 5.11. The number of nitrogens with one attached hydrogen (secondary N) is 1. The predicted octanol–water partition coefficient (Wildman–Crippen LogP) is 3.02. The van der Waals surface area contributed by atoms with Gasteiger partial charge in [-0.2, -0.15) is 0 Å². The highest BCUT2D eigenvalue weighted by atomic mass is 16.5. The van der Waals surface area contributed by atoms with Gasteiger partial charge in [0.05, 0.1) is 19.2 Å². The zero-order valence-corrected chi connectivity index (χ0v) is 13.2. The Hall–Kier alpha value is -3.32. The summed E-state index contributed by atoms with van der Waals surface area (Å²) in [5.74, 6) is 6.44. The maximum absolute atomic E-state index is 12.2. The third-order valence-electron chi connectivity index (χ3n) is 3.47. The Labute approximate surface area is 140 Å². The molecule has 4 heteroatoms. The molecular formula is C20H16N2O2. The van der Waals surface area contributed by atoms with Crippen LogP contribution in [-0.2, 0) is 0 Å². The van der Waals surface area contributed by atoms with Gasteiger partial charge in [0.25, 0.3) is 5.91 Å². The number of rotatable bonds is 3. The zero-order chi connectivity index (χ0) is 16.8. The second-order valence-corrected chi connectivity index (χ2v) is 5.11. The first-order valence-electron chi connectivity index (χ1n) is 7.53. The molecule has 0 unspecified atom stereocenters. The number of carbonyl (C=O) groups is 1. The van der Waals surface area contributed by atoms with E-state index in [2.05, 4.69) is 22.1 Å². The summed E-state index contributed by atoms with van der Waals surface area (Å²) < 4.78 is 5.18. The Balaban J connectivity index is 1.67. The van der Waals surface area contributed by atoms with Crippen LogP contribution >= 0.6 is 0 Å². The predicted molar refractivity (Wildman–Crippen MR) is 93.9 cm³/mol. The van der Waals surface area contributed by atoms with Crippen molar-refractivity contribution in [3.63, 3.8) is 0 Å². The van der Waals surface area contributed by atoms with Gasteiger partial charge in [0.2, 0.25) is 0 Å². The molecule has 24 heavy (non-hydrogen) atoms. The van der Waals surface area contributed by atoms with Gasteiger partial charge >= 0.3 is 0 Å². The average molecular weight is 316 g/mol. The Morgan fingerprint density at radius 2 is 1.96 bits per heavy atom. The summed E-state index contributed by atoms with van der Waals surface area (Å²) in [5.41, 5.74) is 2.04. The highest BCUT2D eigenvalue weighted by Gasteiger charge is 2.07. The summed E-state index contributed by atoms with van der Waals surface area (Å²) in [7, 11) is 1.62. The number of ether oxygens (including phenoxy) is 1. The Morgan fingerprint density at radius 3 is 2.75 bits per heavy atom. The van der Waals surface area contributed by atoms with Crippen LogP contribution in [0.1, 0.15) is 16.1 Å². The third kappa shape index (κ3) is 3.71. The number of hydrogen-bond donors (Lipinski definition) is 1. The van der Waals surface area contributed by atoms with Crippen LogP contribution in [0.25, 0.3) is 10.9 Å². The molecule has 1 amide bonds. The van der Waals surface area contributed by atoms with Gasteiger partial charge in [0.1, 0.15) is 11.4 Å². The third-order valence-corrected chi connectivity index (χ3v) is 3.47. The minimum atomic E-state index is -0.241. The van der Waals surface area contributed by atoms with Gasteiger partial charge < -0.3 is 10.1 Å². The lowest BCUT2D eigenvalue weighted by Crippen LogP contribution is -2.24. The summed E-state index contributed by atoms with van der Waals surface area (Å²) >= 11 is 0. The number of fused-ring (bicyclic) bond motifs is 1. The number of aromatic nitrogens is 1. The quantitative estimate of drug-likeness (QED) is 0.756. The summed E-state index contributed by atoms with van der Waals surface area (Å²) in [6.45, 7) is 0.274. The van der Waals surface area contributed by atoms with E-state index in [0.717, 1.165) is 22.2 Å². The first-order chi connectivity index (χ1) is 11.8. The van der Waals surface area contributed by atoms with Crippen molar-refractivity contribution in [2.24, 2.45) is 0 Å². The van der Waals surface area contributed by atoms with Crippen LogP contribution in [0.2, 0.25) is 0 Å². The van der Waals surface area contributed by atoms with Gasteiger partial charge in [-0.1, -0.05) is 36.1 Å². The van der Waals surface area contributed by atoms with Crippen molar-refractivity contribution in [1.82, 2.24) is 10.3 Å². The molecule has 2 aromatic carbocycles. The lowest BCUT2D eigenvalue weighted by Gasteiger charge is -2.04. The summed E-state index contributed by atoms with van der Waals surface area (Å²) in [5, 5.41) is 3.68. The maximum Gasteiger partial charge on any atom is 0.270 e. The fourth-order valence-corrected chi connectivity index (χ4v) is 2.24. The largest absolute Gasteiger partial charge is 0.497 e. The fraction of sp³-hybridized carbons (Fsp3) is 0.100. The molecule has 118 valence electrons. The van der Waals surface area contributed by atoms with Crippen LogP contribution in [0.3, 0.4) is 0 Å². The Morgan fingerprint density at radius 1 is 1.12 bits per heavy atom. The van der Waals surface area contributed by atoms with Crippen molar-refractivity contribution < 1.29 is 9.53 Å². The topological polar surface area (TPSA) is 51.2 Å².